The van der Waals surface area contributed by atoms with Gasteiger partial charge in [0.05, 0.1) is 19.3 Å². The first-order chi connectivity index (χ1) is 12.1. The standard InChI is InChI=1S/C15H15F4N3O3S/c1-21-14(8-13(20-21)15(17,18)19)26(23,24)22-5-6-25-9-12(22)10-3-2-4-11(16)7-10/h2-4,7-8,12H,5-6,9H2,1H3. The molecule has 1 unspecified atom stereocenters. The van der Waals surface area contributed by atoms with E-state index in [2.05, 4.69) is 5.10 Å². The smallest absolute Gasteiger partial charge is 0.378 e. The molecule has 0 bridgehead atoms. The van der Waals surface area contributed by atoms with E-state index in [1.807, 2.05) is 0 Å². The summed E-state index contributed by atoms with van der Waals surface area (Å²) >= 11 is 0. The molecule has 11 heteroatoms. The molecule has 1 aromatic carbocycles. The van der Waals surface area contributed by atoms with Gasteiger partial charge >= 0.3 is 6.18 Å². The average molecular weight is 393 g/mol. The van der Waals surface area contributed by atoms with Gasteiger partial charge in [-0.1, -0.05) is 12.1 Å². The Labute approximate surface area is 147 Å². The number of hydrogen-bond donors (Lipinski definition) is 0. The maximum atomic E-state index is 13.5. The molecular weight excluding hydrogens is 378 g/mol. The zero-order chi connectivity index (χ0) is 19.1. The molecule has 0 spiro atoms. The van der Waals surface area contributed by atoms with Gasteiger partial charge in [0.1, 0.15) is 5.82 Å². The number of hydrogen-bond acceptors (Lipinski definition) is 4. The summed E-state index contributed by atoms with van der Waals surface area (Å²) in [4.78, 5) is 0. The maximum absolute atomic E-state index is 13.5. The summed E-state index contributed by atoms with van der Waals surface area (Å²) in [5, 5.41) is 2.66. The maximum Gasteiger partial charge on any atom is 0.435 e. The van der Waals surface area contributed by atoms with E-state index in [9.17, 15) is 26.0 Å². The monoisotopic (exact) mass is 393 g/mol. The SMILES string of the molecule is Cn1nc(C(F)(F)F)cc1S(=O)(=O)N1CCOCC1c1cccc(F)c1. The van der Waals surface area contributed by atoms with E-state index in [0.29, 0.717) is 16.3 Å². The van der Waals surface area contributed by atoms with E-state index in [4.69, 9.17) is 4.74 Å². The number of ether oxygens (including phenoxy) is 1. The summed E-state index contributed by atoms with van der Waals surface area (Å²) in [7, 11) is -3.19. The van der Waals surface area contributed by atoms with E-state index in [-0.39, 0.29) is 19.8 Å². The van der Waals surface area contributed by atoms with Crippen molar-refractivity contribution in [3.63, 3.8) is 0 Å². The quantitative estimate of drug-likeness (QED) is 0.751. The predicted octanol–water partition coefficient (Wildman–Crippen LogP) is 2.34. The van der Waals surface area contributed by atoms with Crippen molar-refractivity contribution < 1.29 is 30.7 Å². The highest BCUT2D eigenvalue weighted by Crippen LogP contribution is 2.33. The van der Waals surface area contributed by atoms with Crippen molar-refractivity contribution in [3.8, 4) is 0 Å². The van der Waals surface area contributed by atoms with Crippen LogP contribution in [0.15, 0.2) is 35.4 Å². The highest BCUT2D eigenvalue weighted by molar-refractivity contribution is 7.89. The number of aromatic nitrogens is 2. The summed E-state index contributed by atoms with van der Waals surface area (Å²) in [5.41, 5.74) is -0.944. The molecule has 0 radical (unpaired) electrons. The topological polar surface area (TPSA) is 64.4 Å². The molecule has 1 fully saturated rings. The van der Waals surface area contributed by atoms with Crippen LogP contribution >= 0.6 is 0 Å². The lowest BCUT2D eigenvalue weighted by Gasteiger charge is -2.34. The van der Waals surface area contributed by atoms with E-state index < -0.39 is 38.8 Å². The molecule has 0 amide bonds. The normalized spacial score (nSPS) is 19.7. The van der Waals surface area contributed by atoms with Gasteiger partial charge in [0.25, 0.3) is 10.0 Å². The molecule has 2 heterocycles. The van der Waals surface area contributed by atoms with Crippen molar-refractivity contribution in [2.24, 2.45) is 7.05 Å². The first-order valence-corrected chi connectivity index (χ1v) is 9.01. The second kappa shape index (κ2) is 6.63. The second-order valence-electron chi connectivity index (χ2n) is 5.75. The third kappa shape index (κ3) is 3.46. The Hall–Kier alpha value is -1.98. The summed E-state index contributed by atoms with van der Waals surface area (Å²) in [6, 6.07) is 4.99. The zero-order valence-electron chi connectivity index (χ0n) is 13.6. The third-order valence-electron chi connectivity index (χ3n) is 4.01. The summed E-state index contributed by atoms with van der Waals surface area (Å²) < 4.78 is 85.0. The number of nitrogens with zero attached hydrogens (tertiary/aromatic N) is 3. The van der Waals surface area contributed by atoms with Gasteiger partial charge in [0.15, 0.2) is 10.7 Å². The van der Waals surface area contributed by atoms with Gasteiger partial charge in [-0.15, -0.1) is 0 Å². The Morgan fingerprint density at radius 1 is 1.27 bits per heavy atom. The fourth-order valence-electron chi connectivity index (χ4n) is 2.80. The van der Waals surface area contributed by atoms with Crippen LogP contribution in [0.3, 0.4) is 0 Å². The van der Waals surface area contributed by atoms with Crippen LogP contribution < -0.4 is 0 Å². The van der Waals surface area contributed by atoms with Crippen molar-refractivity contribution in [2.45, 2.75) is 17.2 Å². The highest BCUT2D eigenvalue weighted by atomic mass is 32.2. The number of morpholine rings is 1. The number of halogens is 4. The van der Waals surface area contributed by atoms with Gasteiger partial charge in [0, 0.05) is 19.7 Å². The lowest BCUT2D eigenvalue weighted by molar-refractivity contribution is -0.141. The Morgan fingerprint density at radius 3 is 2.62 bits per heavy atom. The molecular formula is C15H15F4N3O3S. The molecule has 0 aliphatic carbocycles. The lowest BCUT2D eigenvalue weighted by Crippen LogP contribution is -2.43. The van der Waals surface area contributed by atoms with E-state index in [1.165, 1.54) is 24.3 Å². The van der Waals surface area contributed by atoms with Crippen LogP contribution in [0.25, 0.3) is 0 Å². The van der Waals surface area contributed by atoms with Gasteiger partial charge in [-0.3, -0.25) is 4.68 Å². The number of benzene rings is 1. The first kappa shape index (κ1) is 18.8. The van der Waals surface area contributed by atoms with Crippen LogP contribution in [0.2, 0.25) is 0 Å². The van der Waals surface area contributed by atoms with Crippen molar-refractivity contribution in [1.82, 2.24) is 14.1 Å². The molecule has 26 heavy (non-hydrogen) atoms. The van der Waals surface area contributed by atoms with Gasteiger partial charge in [-0.05, 0) is 17.7 Å². The Bertz CT molecular complexity index is 911. The Balaban J connectivity index is 2.03. The van der Waals surface area contributed by atoms with E-state index in [0.717, 1.165) is 11.4 Å². The van der Waals surface area contributed by atoms with Gasteiger partial charge < -0.3 is 4.74 Å². The Morgan fingerprint density at radius 2 is 2.00 bits per heavy atom. The van der Waals surface area contributed by atoms with Crippen LogP contribution in [0.1, 0.15) is 17.3 Å². The van der Waals surface area contributed by atoms with Gasteiger partial charge in [-0.2, -0.15) is 22.6 Å². The molecule has 1 aliphatic heterocycles. The molecule has 1 saturated heterocycles. The van der Waals surface area contributed by atoms with E-state index >= 15 is 0 Å². The van der Waals surface area contributed by atoms with Crippen LogP contribution in [-0.4, -0.2) is 42.3 Å². The van der Waals surface area contributed by atoms with Gasteiger partial charge in [-0.25, -0.2) is 12.8 Å². The van der Waals surface area contributed by atoms with Crippen molar-refractivity contribution in [1.29, 1.82) is 0 Å². The molecule has 1 atom stereocenters. The molecule has 1 aliphatic rings. The fraction of sp³-hybridized carbons (Fsp3) is 0.400. The van der Waals surface area contributed by atoms with Crippen LogP contribution in [0.5, 0.6) is 0 Å². The lowest BCUT2D eigenvalue weighted by atomic mass is 10.1. The summed E-state index contributed by atoms with van der Waals surface area (Å²) in [6.45, 7) is -0.0300. The second-order valence-corrected chi connectivity index (χ2v) is 7.59. The minimum atomic E-state index is -4.77. The first-order valence-electron chi connectivity index (χ1n) is 7.57. The largest absolute Gasteiger partial charge is 0.435 e. The molecule has 3 rings (SSSR count). The zero-order valence-corrected chi connectivity index (χ0v) is 14.4. The third-order valence-corrected chi connectivity index (χ3v) is 5.98. The number of alkyl halides is 3. The molecule has 6 nitrogen and oxygen atoms in total. The summed E-state index contributed by atoms with van der Waals surface area (Å²) in [5.74, 6) is -0.551. The van der Waals surface area contributed by atoms with Crippen molar-refractivity contribution >= 4 is 10.0 Å². The molecule has 0 saturated carbocycles. The predicted molar refractivity (Wildman–Crippen MR) is 82.1 cm³/mol. The van der Waals surface area contributed by atoms with E-state index in [1.54, 1.807) is 0 Å². The van der Waals surface area contributed by atoms with Crippen LogP contribution in [0.4, 0.5) is 17.6 Å². The van der Waals surface area contributed by atoms with Crippen molar-refractivity contribution in [3.05, 3.63) is 47.4 Å². The number of rotatable bonds is 3. The van der Waals surface area contributed by atoms with Crippen molar-refractivity contribution in [2.75, 3.05) is 19.8 Å². The van der Waals surface area contributed by atoms with Gasteiger partial charge in [0.2, 0.25) is 0 Å². The minimum absolute atomic E-state index is 0.0351. The van der Waals surface area contributed by atoms with Crippen LogP contribution in [0, 0.1) is 5.82 Å². The summed E-state index contributed by atoms with van der Waals surface area (Å²) in [6.07, 6.45) is -4.77. The van der Waals surface area contributed by atoms with Crippen LogP contribution in [-0.2, 0) is 28.0 Å². The highest BCUT2D eigenvalue weighted by Gasteiger charge is 2.40. The number of aryl methyl sites for hydroxylation is 1. The number of sulfonamides is 1. The fourth-order valence-corrected chi connectivity index (χ4v) is 4.51. The molecule has 1 aromatic heterocycles. The minimum Gasteiger partial charge on any atom is -0.378 e. The molecule has 142 valence electrons. The average Bonchev–Trinajstić information content (AvgIpc) is 2.98. The molecule has 2 aromatic rings. The molecule has 0 N–H and O–H groups in total. The Kier molecular flexibility index (Phi) is 4.80.